The molecule has 1 fully saturated rings. The molecule has 0 spiro atoms. The number of hydrogen-bond donors (Lipinski definition) is 1. The molecule has 0 aromatic carbocycles. The second-order valence-corrected chi connectivity index (χ2v) is 7.56. The highest BCUT2D eigenvalue weighted by Crippen LogP contribution is 2.25. The van der Waals surface area contributed by atoms with Crippen LogP contribution in [0.1, 0.15) is 41.9 Å². The summed E-state index contributed by atoms with van der Waals surface area (Å²) >= 11 is 0. The topological polar surface area (TPSA) is 58.1 Å². The number of piperazine rings is 1. The van der Waals surface area contributed by atoms with Gasteiger partial charge >= 0.3 is 0 Å². The predicted molar refractivity (Wildman–Crippen MR) is 106 cm³/mol. The number of alkyl halides is 1. The van der Waals surface area contributed by atoms with Crippen LogP contribution in [0.2, 0.25) is 0 Å². The number of anilines is 1. The van der Waals surface area contributed by atoms with Gasteiger partial charge < -0.3 is 10.2 Å². The number of halogens is 2. The van der Waals surface area contributed by atoms with Gasteiger partial charge in [-0.05, 0) is 44.5 Å². The van der Waals surface area contributed by atoms with E-state index in [1.807, 2.05) is 4.90 Å². The molecule has 1 aliphatic rings. The molecule has 1 atom stereocenters. The van der Waals surface area contributed by atoms with Gasteiger partial charge in [-0.2, -0.15) is 0 Å². The number of carbonyl (C=O) groups is 1. The number of carbonyl (C=O) groups excluding carboxylic acids is 1. The summed E-state index contributed by atoms with van der Waals surface area (Å²) in [5.74, 6) is -0.579. The van der Waals surface area contributed by atoms with E-state index in [0.717, 1.165) is 0 Å². The molecule has 3 rings (SSSR count). The van der Waals surface area contributed by atoms with Crippen molar-refractivity contribution in [1.29, 1.82) is 0 Å². The molecular formula is C21H24F2N4O. The minimum atomic E-state index is -1.29. The van der Waals surface area contributed by atoms with Gasteiger partial charge in [-0.1, -0.05) is 6.58 Å². The van der Waals surface area contributed by atoms with Crippen LogP contribution in [0.15, 0.2) is 43.2 Å². The fourth-order valence-corrected chi connectivity index (χ4v) is 3.41. The molecule has 0 aliphatic carbocycles. The van der Waals surface area contributed by atoms with Crippen molar-refractivity contribution in [2.75, 3.05) is 24.5 Å². The van der Waals surface area contributed by atoms with E-state index in [-0.39, 0.29) is 17.3 Å². The largest absolute Gasteiger partial charge is 0.354 e. The Bertz CT molecular complexity index is 864. The fraction of sp³-hybridized carbons (Fsp3) is 0.381. The summed E-state index contributed by atoms with van der Waals surface area (Å²) in [6.07, 6.45) is 3.35. The third kappa shape index (κ3) is 4.78. The zero-order chi connectivity index (χ0) is 20.3. The molecule has 0 bridgehead atoms. The molecule has 1 N–H and O–H groups in total. The van der Waals surface area contributed by atoms with Crippen LogP contribution < -0.4 is 10.2 Å². The first kappa shape index (κ1) is 20.1. The maximum atomic E-state index is 14.0. The molecule has 1 aliphatic heterocycles. The fourth-order valence-electron chi connectivity index (χ4n) is 3.41. The minimum Gasteiger partial charge on any atom is -0.354 e. The average Bonchev–Trinajstić information content (AvgIpc) is 2.66. The molecule has 148 valence electrons. The Balaban J connectivity index is 1.91. The predicted octanol–water partition coefficient (Wildman–Crippen LogP) is 3.56. The minimum absolute atomic E-state index is 0.00101. The van der Waals surface area contributed by atoms with Crippen LogP contribution >= 0.6 is 0 Å². The lowest BCUT2D eigenvalue weighted by Crippen LogP contribution is -2.52. The number of pyridine rings is 2. The molecule has 0 amide bonds. The molecule has 1 saturated heterocycles. The maximum absolute atomic E-state index is 14.0. The molecule has 0 unspecified atom stereocenters. The number of nitrogens with zero attached hydrogens (tertiary/aromatic N) is 3. The van der Waals surface area contributed by atoms with Gasteiger partial charge in [0.25, 0.3) is 0 Å². The van der Waals surface area contributed by atoms with Crippen molar-refractivity contribution in [2.45, 2.75) is 32.0 Å². The first-order valence-electron chi connectivity index (χ1n) is 9.22. The number of nitrogens with one attached hydrogen (secondary N) is 1. The van der Waals surface area contributed by atoms with Gasteiger partial charge in [-0.15, -0.1) is 0 Å². The molecule has 3 heterocycles. The summed E-state index contributed by atoms with van der Waals surface area (Å²) in [5.41, 5.74) is -0.897. The standard InChI is InChI=1S/C21H24F2N4O/c1-14(22)17-6-7-18(26-19(17)20(28)15-5-4-8-24-12-15)27-10-9-25-16(13-27)11-21(2,3)23/h4-8,12,16,25H,1,9-11,13H2,2-3H3/t16-/m1/s1. The summed E-state index contributed by atoms with van der Waals surface area (Å²) in [6.45, 7) is 8.31. The van der Waals surface area contributed by atoms with Gasteiger partial charge in [-0.3, -0.25) is 9.78 Å². The quantitative estimate of drug-likeness (QED) is 0.770. The maximum Gasteiger partial charge on any atom is 0.213 e. The summed E-state index contributed by atoms with van der Waals surface area (Å²) in [5, 5.41) is 3.31. The zero-order valence-corrected chi connectivity index (χ0v) is 16.1. The molecule has 28 heavy (non-hydrogen) atoms. The highest BCUT2D eigenvalue weighted by molar-refractivity contribution is 6.10. The van der Waals surface area contributed by atoms with Gasteiger partial charge in [0.1, 0.15) is 23.0 Å². The van der Waals surface area contributed by atoms with Crippen molar-refractivity contribution < 1.29 is 13.6 Å². The lowest BCUT2D eigenvalue weighted by molar-refractivity contribution is 0.103. The van der Waals surface area contributed by atoms with Gasteiger partial charge in [0.2, 0.25) is 5.78 Å². The molecular weight excluding hydrogens is 362 g/mol. The molecule has 0 radical (unpaired) electrons. The van der Waals surface area contributed by atoms with E-state index in [1.54, 1.807) is 38.2 Å². The third-order valence-electron chi connectivity index (χ3n) is 4.62. The monoisotopic (exact) mass is 386 g/mol. The van der Waals surface area contributed by atoms with E-state index >= 15 is 0 Å². The SMILES string of the molecule is C=C(F)c1ccc(N2CCN[C@H](CC(C)(C)F)C2)nc1C(=O)c1cccnc1. The number of rotatable bonds is 6. The first-order chi connectivity index (χ1) is 13.2. The van der Waals surface area contributed by atoms with Crippen LogP contribution in [0, 0.1) is 0 Å². The molecule has 0 saturated carbocycles. The Morgan fingerprint density at radius 1 is 1.39 bits per heavy atom. The lowest BCUT2D eigenvalue weighted by Gasteiger charge is -2.36. The van der Waals surface area contributed by atoms with Crippen LogP contribution in [0.5, 0.6) is 0 Å². The lowest BCUT2D eigenvalue weighted by atomic mass is 9.99. The Morgan fingerprint density at radius 2 is 2.18 bits per heavy atom. The highest BCUT2D eigenvalue weighted by atomic mass is 19.1. The van der Waals surface area contributed by atoms with E-state index in [4.69, 9.17) is 0 Å². The van der Waals surface area contributed by atoms with Crippen molar-refractivity contribution in [3.05, 3.63) is 60.1 Å². The van der Waals surface area contributed by atoms with Gasteiger partial charge in [0, 0.05) is 49.2 Å². The summed E-state index contributed by atoms with van der Waals surface area (Å²) in [6, 6.07) is 6.40. The Kier molecular flexibility index (Phi) is 5.84. The first-order valence-corrected chi connectivity index (χ1v) is 9.22. The van der Waals surface area contributed by atoms with Crippen molar-refractivity contribution in [3.63, 3.8) is 0 Å². The normalized spacial score (nSPS) is 17.4. The summed E-state index contributed by atoms with van der Waals surface area (Å²) in [4.78, 5) is 23.2. The second kappa shape index (κ2) is 8.14. The third-order valence-corrected chi connectivity index (χ3v) is 4.62. The Morgan fingerprint density at radius 3 is 2.82 bits per heavy atom. The van der Waals surface area contributed by atoms with Crippen LogP contribution in [0.4, 0.5) is 14.6 Å². The molecule has 2 aromatic rings. The number of hydrogen-bond acceptors (Lipinski definition) is 5. The molecule has 2 aromatic heterocycles. The van der Waals surface area contributed by atoms with Gasteiger partial charge in [-0.25, -0.2) is 13.8 Å². The van der Waals surface area contributed by atoms with Gasteiger partial charge in [0.05, 0.1) is 0 Å². The Hall–Kier alpha value is -2.67. The summed E-state index contributed by atoms with van der Waals surface area (Å²) < 4.78 is 28.0. The van der Waals surface area contributed by atoms with Crippen molar-refractivity contribution in [1.82, 2.24) is 15.3 Å². The van der Waals surface area contributed by atoms with Crippen LogP contribution in [0.3, 0.4) is 0 Å². The van der Waals surface area contributed by atoms with Crippen molar-refractivity contribution in [3.8, 4) is 0 Å². The molecule has 5 nitrogen and oxygen atoms in total. The number of aromatic nitrogens is 2. The van der Waals surface area contributed by atoms with Crippen LogP contribution in [0.25, 0.3) is 5.83 Å². The highest BCUT2D eigenvalue weighted by Gasteiger charge is 2.28. The number of ketones is 1. The van der Waals surface area contributed by atoms with E-state index in [2.05, 4.69) is 21.9 Å². The zero-order valence-electron chi connectivity index (χ0n) is 16.1. The van der Waals surface area contributed by atoms with Crippen molar-refractivity contribution in [2.24, 2.45) is 0 Å². The molecule has 7 heteroatoms. The van der Waals surface area contributed by atoms with Crippen molar-refractivity contribution >= 4 is 17.4 Å². The van der Waals surface area contributed by atoms with Crippen LogP contribution in [-0.4, -0.2) is 47.1 Å². The average molecular weight is 386 g/mol. The second-order valence-electron chi connectivity index (χ2n) is 7.56. The smallest absolute Gasteiger partial charge is 0.213 e. The van der Waals surface area contributed by atoms with Gasteiger partial charge in [0.15, 0.2) is 0 Å². The summed E-state index contributed by atoms with van der Waals surface area (Å²) in [7, 11) is 0. The van der Waals surface area contributed by atoms with Crippen LogP contribution in [-0.2, 0) is 0 Å². The Labute approximate surface area is 163 Å². The van der Waals surface area contributed by atoms with E-state index in [1.165, 1.54) is 12.3 Å². The van der Waals surface area contributed by atoms with E-state index in [0.29, 0.717) is 37.4 Å². The van der Waals surface area contributed by atoms with E-state index < -0.39 is 17.3 Å². The van der Waals surface area contributed by atoms with E-state index in [9.17, 15) is 13.6 Å².